The molecule has 1 aromatic carbocycles. The molecule has 0 unspecified atom stereocenters. The second kappa shape index (κ2) is 6.56. The number of hydrogen-bond acceptors (Lipinski definition) is 7. The summed E-state index contributed by atoms with van der Waals surface area (Å²) < 4.78 is 22.3. The minimum Gasteiger partial charge on any atom is -0.261 e. The van der Waals surface area contributed by atoms with Crippen molar-refractivity contribution >= 4 is 22.1 Å². The van der Waals surface area contributed by atoms with E-state index in [4.69, 9.17) is 5.14 Å². The van der Waals surface area contributed by atoms with Crippen molar-refractivity contribution in [1.82, 2.24) is 20.0 Å². The zero-order valence-corrected chi connectivity index (χ0v) is 13.1. The predicted octanol–water partition coefficient (Wildman–Crippen LogP) is 0.756. The topological polar surface area (TPSA) is 128 Å². The van der Waals surface area contributed by atoms with Gasteiger partial charge in [0.1, 0.15) is 16.4 Å². The molecule has 0 radical (unpaired) electrons. The van der Waals surface area contributed by atoms with Gasteiger partial charge in [0.15, 0.2) is 0 Å². The molecule has 0 spiro atoms. The highest BCUT2D eigenvalue weighted by molar-refractivity contribution is 7.89. The summed E-state index contributed by atoms with van der Waals surface area (Å²) in [6, 6.07) is 12.3. The molecule has 3 N–H and O–H groups in total. The minimum absolute atomic E-state index is 0.0668. The van der Waals surface area contributed by atoms with E-state index in [1.54, 1.807) is 6.20 Å². The molecule has 0 aliphatic heterocycles. The van der Waals surface area contributed by atoms with Gasteiger partial charge in [-0.2, -0.15) is 15.0 Å². The van der Waals surface area contributed by atoms with E-state index < -0.39 is 10.0 Å². The summed E-state index contributed by atoms with van der Waals surface area (Å²) in [4.78, 5) is 5.32. The van der Waals surface area contributed by atoms with Gasteiger partial charge in [-0.05, 0) is 24.3 Å². The minimum atomic E-state index is -3.76. The first kappa shape index (κ1) is 15.8. The fourth-order valence-corrected chi connectivity index (χ4v) is 2.26. The predicted molar refractivity (Wildman–Crippen MR) is 88.2 cm³/mol. The third-order valence-corrected chi connectivity index (χ3v) is 3.84. The average Bonchev–Trinajstić information content (AvgIpc) is 3.04. The zero-order chi connectivity index (χ0) is 17.0. The lowest BCUT2D eigenvalue weighted by Crippen LogP contribution is -2.12. The van der Waals surface area contributed by atoms with Gasteiger partial charge >= 0.3 is 0 Å². The van der Waals surface area contributed by atoms with Gasteiger partial charge < -0.3 is 0 Å². The SMILES string of the molecule is NS(=O)(=O)c1ccc(NN=Cc2cnn(-c3ccccc3)n2)nc1. The Morgan fingerprint density at radius 2 is 1.92 bits per heavy atom. The molecular formula is C14H13N7O2S. The Balaban J connectivity index is 1.66. The van der Waals surface area contributed by atoms with Gasteiger partial charge in [0.25, 0.3) is 0 Å². The van der Waals surface area contributed by atoms with Crippen molar-refractivity contribution in [2.75, 3.05) is 5.43 Å². The van der Waals surface area contributed by atoms with Crippen molar-refractivity contribution in [3.63, 3.8) is 0 Å². The quantitative estimate of drug-likeness (QED) is 0.520. The summed E-state index contributed by atoms with van der Waals surface area (Å²) in [6.07, 6.45) is 4.19. The van der Waals surface area contributed by atoms with Crippen LogP contribution in [0, 0.1) is 0 Å². The Morgan fingerprint density at radius 3 is 2.58 bits per heavy atom. The fourth-order valence-electron chi connectivity index (χ4n) is 1.80. The van der Waals surface area contributed by atoms with Crippen LogP contribution in [0.25, 0.3) is 5.69 Å². The van der Waals surface area contributed by atoms with E-state index in [1.165, 1.54) is 23.1 Å². The van der Waals surface area contributed by atoms with Crippen molar-refractivity contribution in [2.24, 2.45) is 10.2 Å². The number of pyridine rings is 1. The van der Waals surface area contributed by atoms with E-state index >= 15 is 0 Å². The van der Waals surface area contributed by atoms with Crippen LogP contribution in [-0.2, 0) is 10.0 Å². The van der Waals surface area contributed by atoms with Crippen LogP contribution in [0.5, 0.6) is 0 Å². The number of benzene rings is 1. The molecule has 0 fully saturated rings. The monoisotopic (exact) mass is 343 g/mol. The molecule has 0 saturated carbocycles. The molecule has 0 aliphatic rings. The molecule has 3 rings (SSSR count). The van der Waals surface area contributed by atoms with Crippen LogP contribution < -0.4 is 10.6 Å². The number of anilines is 1. The summed E-state index contributed by atoms with van der Waals surface area (Å²) in [5.41, 5.74) is 4.05. The number of para-hydroxylation sites is 1. The lowest BCUT2D eigenvalue weighted by atomic mass is 10.3. The van der Waals surface area contributed by atoms with Crippen LogP contribution in [0.1, 0.15) is 5.69 Å². The normalized spacial score (nSPS) is 11.7. The third-order valence-electron chi connectivity index (χ3n) is 2.94. The molecule has 2 aromatic heterocycles. The number of sulfonamides is 1. The van der Waals surface area contributed by atoms with Crippen molar-refractivity contribution in [3.8, 4) is 5.69 Å². The van der Waals surface area contributed by atoms with Gasteiger partial charge in [-0.15, -0.1) is 5.10 Å². The summed E-state index contributed by atoms with van der Waals surface area (Å²) in [5, 5.41) is 17.4. The number of hydrazone groups is 1. The Kier molecular flexibility index (Phi) is 4.31. The van der Waals surface area contributed by atoms with E-state index in [2.05, 4.69) is 25.7 Å². The van der Waals surface area contributed by atoms with Crippen LogP contribution in [0.15, 0.2) is 64.9 Å². The number of nitrogens with two attached hydrogens (primary N) is 1. The molecule has 10 heteroatoms. The highest BCUT2D eigenvalue weighted by Crippen LogP contribution is 2.08. The van der Waals surface area contributed by atoms with Crippen LogP contribution in [0.4, 0.5) is 5.82 Å². The summed E-state index contributed by atoms with van der Waals surface area (Å²) >= 11 is 0. The highest BCUT2D eigenvalue weighted by atomic mass is 32.2. The second-order valence-corrected chi connectivity index (χ2v) is 6.25. The molecule has 0 aliphatic carbocycles. The molecule has 0 bridgehead atoms. The summed E-state index contributed by atoms with van der Waals surface area (Å²) in [6.45, 7) is 0. The maximum Gasteiger partial charge on any atom is 0.239 e. The van der Waals surface area contributed by atoms with E-state index in [-0.39, 0.29) is 4.90 Å². The van der Waals surface area contributed by atoms with E-state index in [0.29, 0.717) is 11.5 Å². The van der Waals surface area contributed by atoms with E-state index in [1.807, 2.05) is 30.3 Å². The maximum absolute atomic E-state index is 11.1. The number of hydrogen-bond donors (Lipinski definition) is 2. The van der Waals surface area contributed by atoms with Gasteiger partial charge in [-0.1, -0.05) is 18.2 Å². The van der Waals surface area contributed by atoms with Crippen LogP contribution in [0.3, 0.4) is 0 Å². The molecule has 24 heavy (non-hydrogen) atoms. The molecule has 9 nitrogen and oxygen atoms in total. The average molecular weight is 343 g/mol. The first-order chi connectivity index (χ1) is 11.5. The fraction of sp³-hybridized carbons (Fsp3) is 0. The van der Waals surface area contributed by atoms with Crippen LogP contribution >= 0.6 is 0 Å². The molecule has 0 atom stereocenters. The molecule has 0 amide bonds. The molecule has 0 saturated heterocycles. The van der Waals surface area contributed by atoms with Crippen molar-refractivity contribution in [1.29, 1.82) is 0 Å². The summed E-state index contributed by atoms with van der Waals surface area (Å²) in [5.74, 6) is 0.370. The number of nitrogens with zero attached hydrogens (tertiary/aromatic N) is 5. The van der Waals surface area contributed by atoms with Crippen molar-refractivity contribution in [3.05, 3.63) is 60.6 Å². The summed E-state index contributed by atoms with van der Waals surface area (Å²) in [7, 11) is -3.76. The van der Waals surface area contributed by atoms with Crippen LogP contribution in [-0.4, -0.2) is 34.6 Å². The number of nitrogens with one attached hydrogen (secondary N) is 1. The first-order valence-electron chi connectivity index (χ1n) is 6.78. The number of primary sulfonamides is 1. The molecule has 2 heterocycles. The van der Waals surface area contributed by atoms with Gasteiger partial charge in [0.05, 0.1) is 18.1 Å². The molecule has 122 valence electrons. The lowest BCUT2D eigenvalue weighted by molar-refractivity contribution is 0.597. The van der Waals surface area contributed by atoms with Gasteiger partial charge in [0, 0.05) is 6.20 Å². The Labute approximate surface area is 137 Å². The lowest BCUT2D eigenvalue weighted by Gasteiger charge is -2.00. The standard InChI is InChI=1S/C14H13N7O2S/c15-24(22,23)13-6-7-14(16-10-13)19-17-8-11-9-18-21(20-11)12-4-2-1-3-5-12/h1-10H,(H,16,19)(H2,15,22,23). The van der Waals surface area contributed by atoms with E-state index in [9.17, 15) is 8.42 Å². The maximum atomic E-state index is 11.1. The van der Waals surface area contributed by atoms with Gasteiger partial charge in [0.2, 0.25) is 10.0 Å². The van der Waals surface area contributed by atoms with Gasteiger partial charge in [-0.25, -0.2) is 18.5 Å². The van der Waals surface area contributed by atoms with Gasteiger partial charge in [-0.3, -0.25) is 5.43 Å². The third kappa shape index (κ3) is 3.80. The molecular weight excluding hydrogens is 330 g/mol. The van der Waals surface area contributed by atoms with Crippen LogP contribution in [0.2, 0.25) is 0 Å². The van der Waals surface area contributed by atoms with Crippen molar-refractivity contribution in [2.45, 2.75) is 4.90 Å². The molecule has 3 aromatic rings. The zero-order valence-electron chi connectivity index (χ0n) is 12.3. The van der Waals surface area contributed by atoms with Crippen molar-refractivity contribution < 1.29 is 8.42 Å². The van der Waals surface area contributed by atoms with E-state index in [0.717, 1.165) is 11.9 Å². The smallest absolute Gasteiger partial charge is 0.239 e. The Hall–Kier alpha value is -3.11. The Bertz CT molecular complexity index is 950. The second-order valence-electron chi connectivity index (χ2n) is 4.69. The first-order valence-corrected chi connectivity index (χ1v) is 8.33. The Morgan fingerprint density at radius 1 is 1.12 bits per heavy atom. The number of rotatable bonds is 5. The highest BCUT2D eigenvalue weighted by Gasteiger charge is 2.07. The number of aromatic nitrogens is 4. The largest absolute Gasteiger partial charge is 0.261 e.